The van der Waals surface area contributed by atoms with Crippen LogP contribution < -0.4 is 5.73 Å². The van der Waals surface area contributed by atoms with Crippen molar-refractivity contribution in [1.82, 2.24) is 14.9 Å². The Morgan fingerprint density at radius 2 is 1.90 bits per heavy atom. The van der Waals surface area contributed by atoms with Crippen LogP contribution in [0, 0.1) is 0 Å². The van der Waals surface area contributed by atoms with Gasteiger partial charge in [-0.25, -0.2) is 14.8 Å². The van der Waals surface area contributed by atoms with Crippen LogP contribution >= 0.6 is 0 Å². The standard InChI is InChI=1S/C13H24N4O3/c1-9(11(18)19)10-8-16(12(20)13(2,3)14)6-7-17(10)15(4)5/h10H,1,6-8,14H2,2-5H3,(H,18,19)/t10-/m0/s1. The molecular weight excluding hydrogens is 260 g/mol. The van der Waals surface area contributed by atoms with E-state index in [1.54, 1.807) is 18.7 Å². The second kappa shape index (κ2) is 5.90. The van der Waals surface area contributed by atoms with Gasteiger partial charge >= 0.3 is 5.97 Å². The maximum Gasteiger partial charge on any atom is 0.332 e. The maximum absolute atomic E-state index is 12.2. The number of carbonyl (C=O) groups is 2. The van der Waals surface area contributed by atoms with Gasteiger partial charge in [0.25, 0.3) is 0 Å². The predicted molar refractivity (Wildman–Crippen MR) is 75.8 cm³/mol. The number of carboxylic acid groups (broad SMARTS) is 1. The first-order valence-corrected chi connectivity index (χ1v) is 6.50. The molecule has 0 aromatic heterocycles. The SMILES string of the molecule is C=C(C(=O)O)[C@@H]1CN(C(=O)C(C)(C)N)CCN1N(C)C. The lowest BCUT2D eigenvalue weighted by atomic mass is 10.0. The molecule has 0 spiro atoms. The minimum absolute atomic E-state index is 0.0750. The van der Waals surface area contributed by atoms with Gasteiger partial charge in [-0.1, -0.05) is 6.58 Å². The summed E-state index contributed by atoms with van der Waals surface area (Å²) in [5.74, 6) is -1.23. The fraction of sp³-hybridized carbons (Fsp3) is 0.692. The Morgan fingerprint density at radius 3 is 2.30 bits per heavy atom. The summed E-state index contributed by atoms with van der Waals surface area (Å²) in [5.41, 5.74) is 4.94. The molecule has 20 heavy (non-hydrogen) atoms. The Bertz CT molecular complexity index is 414. The summed E-state index contributed by atoms with van der Waals surface area (Å²) in [7, 11) is 3.68. The summed E-state index contributed by atoms with van der Waals surface area (Å²) in [6, 6.07) is -0.442. The lowest BCUT2D eigenvalue weighted by molar-refractivity contribution is -0.145. The molecule has 0 bridgehead atoms. The normalized spacial score (nSPS) is 21.1. The Morgan fingerprint density at radius 1 is 1.35 bits per heavy atom. The van der Waals surface area contributed by atoms with Crippen LogP contribution in [0.25, 0.3) is 0 Å². The van der Waals surface area contributed by atoms with Gasteiger partial charge in [-0.15, -0.1) is 0 Å². The lowest BCUT2D eigenvalue weighted by Crippen LogP contribution is -2.63. The van der Waals surface area contributed by atoms with Crippen molar-refractivity contribution >= 4 is 11.9 Å². The van der Waals surface area contributed by atoms with E-state index >= 15 is 0 Å². The van der Waals surface area contributed by atoms with Gasteiger partial charge in [-0.2, -0.15) is 0 Å². The van der Waals surface area contributed by atoms with E-state index in [-0.39, 0.29) is 18.0 Å². The fourth-order valence-corrected chi connectivity index (χ4v) is 2.28. The summed E-state index contributed by atoms with van der Waals surface area (Å²) in [4.78, 5) is 25.0. The number of amides is 1. The van der Waals surface area contributed by atoms with Crippen LogP contribution in [-0.2, 0) is 9.59 Å². The zero-order chi connectivity index (χ0) is 15.7. The third-order valence-corrected chi connectivity index (χ3v) is 3.38. The molecule has 0 saturated carbocycles. The zero-order valence-corrected chi connectivity index (χ0v) is 12.6. The molecule has 1 heterocycles. The monoisotopic (exact) mass is 284 g/mol. The first-order chi connectivity index (χ1) is 9.05. The minimum atomic E-state index is -1.05. The molecule has 114 valence electrons. The van der Waals surface area contributed by atoms with E-state index in [2.05, 4.69) is 6.58 Å². The van der Waals surface area contributed by atoms with Crippen molar-refractivity contribution < 1.29 is 14.7 Å². The van der Waals surface area contributed by atoms with E-state index in [0.29, 0.717) is 13.1 Å². The van der Waals surface area contributed by atoms with Gasteiger partial charge < -0.3 is 15.7 Å². The average Bonchev–Trinajstić information content (AvgIpc) is 2.34. The summed E-state index contributed by atoms with van der Waals surface area (Å²) in [6.45, 7) is 8.27. The lowest BCUT2D eigenvalue weighted by Gasteiger charge is -2.45. The average molecular weight is 284 g/mol. The molecule has 0 aromatic carbocycles. The highest BCUT2D eigenvalue weighted by Gasteiger charge is 2.37. The third-order valence-electron chi connectivity index (χ3n) is 3.38. The molecule has 0 aliphatic carbocycles. The van der Waals surface area contributed by atoms with E-state index < -0.39 is 17.6 Å². The van der Waals surface area contributed by atoms with E-state index in [0.717, 1.165) is 0 Å². The van der Waals surface area contributed by atoms with Crippen LogP contribution in [0.4, 0.5) is 0 Å². The molecule has 1 fully saturated rings. The first-order valence-electron chi connectivity index (χ1n) is 6.50. The molecule has 0 radical (unpaired) electrons. The van der Waals surface area contributed by atoms with Gasteiger partial charge in [-0.3, -0.25) is 4.79 Å². The predicted octanol–water partition coefficient (Wildman–Crippen LogP) is -0.646. The van der Waals surface area contributed by atoms with Crippen LogP contribution in [0.3, 0.4) is 0 Å². The van der Waals surface area contributed by atoms with E-state index in [1.165, 1.54) is 0 Å². The molecule has 1 saturated heterocycles. The number of nitrogens with two attached hydrogens (primary N) is 1. The number of rotatable bonds is 4. The van der Waals surface area contributed by atoms with Crippen LogP contribution in [0.15, 0.2) is 12.2 Å². The first kappa shape index (κ1) is 16.6. The smallest absolute Gasteiger partial charge is 0.332 e. The van der Waals surface area contributed by atoms with Crippen molar-refractivity contribution in [2.75, 3.05) is 33.7 Å². The van der Waals surface area contributed by atoms with Crippen molar-refractivity contribution in [2.45, 2.75) is 25.4 Å². The van der Waals surface area contributed by atoms with Crippen molar-refractivity contribution in [3.63, 3.8) is 0 Å². The van der Waals surface area contributed by atoms with Crippen LogP contribution in [-0.4, -0.2) is 77.2 Å². The van der Waals surface area contributed by atoms with Crippen molar-refractivity contribution in [3.05, 3.63) is 12.2 Å². The van der Waals surface area contributed by atoms with Gasteiger partial charge in [0.1, 0.15) is 0 Å². The minimum Gasteiger partial charge on any atom is -0.478 e. The number of hydrogen-bond acceptors (Lipinski definition) is 5. The van der Waals surface area contributed by atoms with Crippen LogP contribution in [0.5, 0.6) is 0 Å². The number of hydrazine groups is 1. The molecule has 1 amide bonds. The van der Waals surface area contributed by atoms with E-state index in [1.807, 2.05) is 24.1 Å². The largest absolute Gasteiger partial charge is 0.478 e. The highest BCUT2D eigenvalue weighted by Crippen LogP contribution is 2.19. The topological polar surface area (TPSA) is 90.1 Å². The van der Waals surface area contributed by atoms with Crippen LogP contribution in [0.2, 0.25) is 0 Å². The number of carbonyl (C=O) groups excluding carboxylic acids is 1. The van der Waals surface area contributed by atoms with Gasteiger partial charge in [0.05, 0.1) is 17.2 Å². The summed E-state index contributed by atoms with van der Waals surface area (Å²) in [5, 5.41) is 12.9. The van der Waals surface area contributed by atoms with Gasteiger partial charge in [0.15, 0.2) is 0 Å². The molecule has 3 N–H and O–H groups in total. The molecule has 1 aliphatic heterocycles. The summed E-state index contributed by atoms with van der Waals surface area (Å²) < 4.78 is 0. The number of aliphatic carboxylic acids is 1. The zero-order valence-electron chi connectivity index (χ0n) is 12.6. The molecule has 0 unspecified atom stereocenters. The highest BCUT2D eigenvalue weighted by atomic mass is 16.4. The number of piperazine rings is 1. The summed E-state index contributed by atoms with van der Waals surface area (Å²) in [6.07, 6.45) is 0. The Hall–Kier alpha value is -1.44. The van der Waals surface area contributed by atoms with Gasteiger partial charge in [-0.05, 0) is 13.8 Å². The Balaban J connectivity index is 2.94. The quantitative estimate of drug-likeness (QED) is 0.667. The van der Waals surface area contributed by atoms with Crippen molar-refractivity contribution in [3.8, 4) is 0 Å². The molecule has 7 nitrogen and oxygen atoms in total. The molecule has 7 heteroatoms. The maximum atomic E-state index is 12.2. The number of nitrogens with zero attached hydrogens (tertiary/aromatic N) is 3. The van der Waals surface area contributed by atoms with Gasteiger partial charge in [0, 0.05) is 33.7 Å². The Labute approximate surface area is 119 Å². The van der Waals surface area contributed by atoms with E-state index in [4.69, 9.17) is 10.8 Å². The summed E-state index contributed by atoms with van der Waals surface area (Å²) >= 11 is 0. The molecular formula is C13H24N4O3. The number of carboxylic acids is 1. The molecule has 0 aromatic rings. The fourth-order valence-electron chi connectivity index (χ4n) is 2.28. The third kappa shape index (κ3) is 3.56. The molecule has 1 aliphatic rings. The van der Waals surface area contributed by atoms with E-state index in [9.17, 15) is 9.59 Å². The highest BCUT2D eigenvalue weighted by molar-refractivity contribution is 5.88. The molecule has 1 atom stereocenters. The second-order valence-electron chi connectivity index (χ2n) is 5.83. The second-order valence-corrected chi connectivity index (χ2v) is 5.83. The van der Waals surface area contributed by atoms with Gasteiger partial charge in [0.2, 0.25) is 5.91 Å². The number of hydrogen-bond donors (Lipinski definition) is 2. The van der Waals surface area contributed by atoms with Crippen LogP contribution in [0.1, 0.15) is 13.8 Å². The van der Waals surface area contributed by atoms with Crippen molar-refractivity contribution in [2.24, 2.45) is 5.73 Å². The molecule has 1 rings (SSSR count). The van der Waals surface area contributed by atoms with Crippen molar-refractivity contribution in [1.29, 1.82) is 0 Å². The Kier molecular flexibility index (Phi) is 4.90.